The second-order valence-electron chi connectivity index (χ2n) is 13.3. The van der Waals surface area contributed by atoms with E-state index in [1.54, 1.807) is 0 Å². The lowest BCUT2D eigenvalue weighted by molar-refractivity contribution is -0.525. The Labute approximate surface area is 270 Å². The van der Waals surface area contributed by atoms with Crippen molar-refractivity contribution >= 4 is 33.8 Å². The van der Waals surface area contributed by atoms with Gasteiger partial charge in [0.25, 0.3) is 0 Å². The molecule has 1 aromatic heterocycles. The van der Waals surface area contributed by atoms with E-state index in [0.717, 1.165) is 67.3 Å². The predicted molar refractivity (Wildman–Crippen MR) is 179 cm³/mol. The first-order chi connectivity index (χ1) is 22.1. The summed E-state index contributed by atoms with van der Waals surface area (Å²) in [5.74, 6) is 0.508. The van der Waals surface area contributed by atoms with Crippen molar-refractivity contribution in [3.8, 4) is 0 Å². The molecule has 0 bridgehead atoms. The third kappa shape index (κ3) is 5.68. The maximum atomic E-state index is 6.97. The SMILES string of the molecule is Clc1ccc2c(NCCCCNC3CC4CC5(CC4C3)OOC3(c4ccccc4)CC(c4ccccc4)=CC3O5)ccnc2c1. The standard InChI is InChI=1S/C38H40ClN3O3/c39-31-13-14-33-34(15-18-42-35(33)22-31)41-17-8-7-16-40-32-19-27-23-37(24-28(27)20-32)43-36-21-29(26-9-3-1-4-10-26)25-38(36,45-44-37)30-11-5-2-6-12-30/h1-6,9-15,18,21-22,27-28,32,36,40H,7-8,16-17,19-20,23-25H2,(H,41,42). The van der Waals surface area contributed by atoms with Crippen molar-refractivity contribution in [3.05, 3.63) is 113 Å². The molecule has 1 saturated heterocycles. The van der Waals surface area contributed by atoms with Gasteiger partial charge in [0, 0.05) is 54.1 Å². The van der Waals surface area contributed by atoms with Gasteiger partial charge < -0.3 is 15.4 Å². The number of ether oxygens (including phenoxy) is 1. The lowest BCUT2D eigenvalue weighted by Gasteiger charge is -2.46. The summed E-state index contributed by atoms with van der Waals surface area (Å²) in [6, 6.07) is 29.5. The molecule has 4 unspecified atom stereocenters. The maximum absolute atomic E-state index is 6.97. The second-order valence-corrected chi connectivity index (χ2v) is 13.7. The van der Waals surface area contributed by atoms with E-state index in [4.69, 9.17) is 26.1 Å². The van der Waals surface area contributed by atoms with E-state index in [1.165, 1.54) is 24.0 Å². The van der Waals surface area contributed by atoms with Crippen LogP contribution in [0.15, 0.2) is 97.2 Å². The summed E-state index contributed by atoms with van der Waals surface area (Å²) in [7, 11) is 0. The topological polar surface area (TPSA) is 64.6 Å². The molecule has 8 rings (SSSR count). The normalized spacial score (nSPS) is 30.4. The Kier molecular flexibility index (Phi) is 7.88. The zero-order valence-corrected chi connectivity index (χ0v) is 26.2. The van der Waals surface area contributed by atoms with E-state index in [-0.39, 0.29) is 6.10 Å². The molecular formula is C38H40ClN3O3. The Morgan fingerprint density at radius 2 is 1.60 bits per heavy atom. The largest absolute Gasteiger partial charge is 0.384 e. The molecule has 232 valence electrons. The minimum Gasteiger partial charge on any atom is -0.384 e. The van der Waals surface area contributed by atoms with Crippen molar-refractivity contribution in [1.82, 2.24) is 10.3 Å². The summed E-state index contributed by atoms with van der Waals surface area (Å²) in [6.07, 6.45) is 11.0. The molecule has 3 fully saturated rings. The van der Waals surface area contributed by atoms with E-state index in [9.17, 15) is 0 Å². The van der Waals surface area contributed by atoms with Crippen LogP contribution in [0.5, 0.6) is 0 Å². The van der Waals surface area contributed by atoms with Gasteiger partial charge in [-0.05, 0) is 91.1 Å². The van der Waals surface area contributed by atoms with Gasteiger partial charge in [-0.1, -0.05) is 72.3 Å². The van der Waals surface area contributed by atoms with Crippen LogP contribution in [-0.4, -0.2) is 36.0 Å². The quantitative estimate of drug-likeness (QED) is 0.145. The minimum atomic E-state index is -0.667. The number of fused-ring (bicyclic) bond motifs is 3. The number of aromatic nitrogens is 1. The number of nitrogens with one attached hydrogen (secondary N) is 2. The fourth-order valence-corrected chi connectivity index (χ4v) is 8.40. The molecule has 2 saturated carbocycles. The van der Waals surface area contributed by atoms with E-state index >= 15 is 0 Å². The molecule has 2 heterocycles. The summed E-state index contributed by atoms with van der Waals surface area (Å²) in [6.45, 7) is 1.97. The highest BCUT2D eigenvalue weighted by molar-refractivity contribution is 6.31. The summed E-state index contributed by atoms with van der Waals surface area (Å²) in [4.78, 5) is 17.3. The summed E-state index contributed by atoms with van der Waals surface area (Å²) in [5, 5.41) is 9.26. The molecule has 1 spiro atoms. The van der Waals surface area contributed by atoms with Crippen molar-refractivity contribution in [2.75, 3.05) is 18.4 Å². The number of unbranched alkanes of at least 4 members (excludes halogenated alkanes) is 1. The van der Waals surface area contributed by atoms with Gasteiger partial charge in [-0.15, -0.1) is 0 Å². The average Bonchev–Trinajstić information content (AvgIpc) is 3.73. The highest BCUT2D eigenvalue weighted by Gasteiger charge is 2.61. The van der Waals surface area contributed by atoms with Crippen molar-refractivity contribution in [2.45, 2.75) is 68.5 Å². The van der Waals surface area contributed by atoms with Gasteiger partial charge in [0.15, 0.2) is 5.60 Å². The van der Waals surface area contributed by atoms with Gasteiger partial charge in [-0.3, -0.25) is 4.98 Å². The number of nitrogens with zero attached hydrogens (tertiary/aromatic N) is 1. The molecule has 2 N–H and O–H groups in total. The van der Waals surface area contributed by atoms with Crippen LogP contribution >= 0.6 is 11.6 Å². The van der Waals surface area contributed by atoms with Gasteiger partial charge in [0.2, 0.25) is 5.79 Å². The molecule has 1 aliphatic heterocycles. The summed E-state index contributed by atoms with van der Waals surface area (Å²) < 4.78 is 6.97. The van der Waals surface area contributed by atoms with Crippen LogP contribution in [0.25, 0.3) is 16.5 Å². The zero-order chi connectivity index (χ0) is 30.3. The molecule has 45 heavy (non-hydrogen) atoms. The lowest BCUT2D eigenvalue weighted by Crippen LogP contribution is -2.53. The molecule has 6 nitrogen and oxygen atoms in total. The van der Waals surface area contributed by atoms with E-state index in [1.807, 2.05) is 36.5 Å². The monoisotopic (exact) mass is 621 g/mol. The van der Waals surface area contributed by atoms with Gasteiger partial charge in [-0.2, -0.15) is 4.89 Å². The highest BCUT2D eigenvalue weighted by Crippen LogP contribution is 2.58. The number of hydrogen-bond donors (Lipinski definition) is 2. The van der Waals surface area contributed by atoms with Crippen LogP contribution in [0, 0.1) is 11.8 Å². The number of anilines is 1. The van der Waals surface area contributed by atoms with Crippen molar-refractivity contribution < 1.29 is 14.5 Å². The molecule has 4 atom stereocenters. The first-order valence-electron chi connectivity index (χ1n) is 16.5. The van der Waals surface area contributed by atoms with E-state index < -0.39 is 11.4 Å². The molecule has 0 amide bonds. The van der Waals surface area contributed by atoms with Crippen molar-refractivity contribution in [1.29, 1.82) is 0 Å². The third-order valence-electron chi connectivity index (χ3n) is 10.4. The summed E-state index contributed by atoms with van der Waals surface area (Å²) in [5.41, 5.74) is 4.94. The molecule has 3 aliphatic carbocycles. The highest BCUT2D eigenvalue weighted by atomic mass is 35.5. The van der Waals surface area contributed by atoms with E-state index in [2.05, 4.69) is 76.3 Å². The molecule has 4 aliphatic rings. The smallest absolute Gasteiger partial charge is 0.202 e. The van der Waals surface area contributed by atoms with Crippen molar-refractivity contribution in [3.63, 3.8) is 0 Å². The number of pyridine rings is 1. The Hall–Kier alpha value is -3.26. The lowest BCUT2D eigenvalue weighted by atomic mass is 9.87. The molecule has 3 aromatic carbocycles. The van der Waals surface area contributed by atoms with Crippen LogP contribution in [0.3, 0.4) is 0 Å². The first kappa shape index (κ1) is 29.2. The third-order valence-corrected chi connectivity index (χ3v) is 10.6. The van der Waals surface area contributed by atoms with Crippen LogP contribution in [0.4, 0.5) is 5.69 Å². The average molecular weight is 622 g/mol. The minimum absolute atomic E-state index is 0.187. The Bertz CT molecular complexity index is 1670. The van der Waals surface area contributed by atoms with Crippen LogP contribution in [0.1, 0.15) is 56.1 Å². The number of benzene rings is 3. The molecule has 0 radical (unpaired) electrons. The Morgan fingerprint density at radius 1 is 0.844 bits per heavy atom. The maximum Gasteiger partial charge on any atom is 0.202 e. The fourth-order valence-electron chi connectivity index (χ4n) is 8.23. The Balaban J connectivity index is 0.842. The van der Waals surface area contributed by atoms with Gasteiger partial charge >= 0.3 is 0 Å². The first-order valence-corrected chi connectivity index (χ1v) is 16.8. The number of hydrogen-bond acceptors (Lipinski definition) is 6. The molecular weight excluding hydrogens is 582 g/mol. The molecule has 4 aromatic rings. The molecule has 7 heteroatoms. The van der Waals surface area contributed by atoms with Crippen LogP contribution in [0.2, 0.25) is 5.02 Å². The van der Waals surface area contributed by atoms with Gasteiger partial charge in [0.05, 0.1) is 5.52 Å². The Morgan fingerprint density at radius 3 is 2.40 bits per heavy atom. The number of halogens is 1. The fraction of sp³-hybridized carbons (Fsp3) is 0.395. The predicted octanol–water partition coefficient (Wildman–Crippen LogP) is 8.28. The van der Waals surface area contributed by atoms with Crippen molar-refractivity contribution in [2.24, 2.45) is 11.8 Å². The van der Waals surface area contributed by atoms with Crippen LogP contribution < -0.4 is 10.6 Å². The second kappa shape index (κ2) is 12.2. The van der Waals surface area contributed by atoms with E-state index in [0.29, 0.717) is 22.9 Å². The van der Waals surface area contributed by atoms with Gasteiger partial charge in [-0.25, -0.2) is 4.89 Å². The number of rotatable bonds is 9. The van der Waals surface area contributed by atoms with Crippen LogP contribution in [-0.2, 0) is 20.1 Å². The van der Waals surface area contributed by atoms with Gasteiger partial charge in [0.1, 0.15) is 6.10 Å². The zero-order valence-electron chi connectivity index (χ0n) is 25.5. The summed E-state index contributed by atoms with van der Waals surface area (Å²) >= 11 is 6.14.